The first-order valence-corrected chi connectivity index (χ1v) is 12.5. The first-order chi connectivity index (χ1) is 16.6. The van der Waals surface area contributed by atoms with Crippen molar-refractivity contribution in [3.8, 4) is 0 Å². The number of halogens is 7. The second-order valence-electron chi connectivity index (χ2n) is 8.57. The van der Waals surface area contributed by atoms with Crippen LogP contribution in [0, 0.1) is 0 Å². The van der Waals surface area contributed by atoms with Gasteiger partial charge in [0.1, 0.15) is 5.60 Å². The van der Waals surface area contributed by atoms with E-state index in [0.717, 1.165) is 18.2 Å². The highest BCUT2D eigenvalue weighted by molar-refractivity contribution is 9.10. The molecule has 2 amide bonds. The lowest BCUT2D eigenvalue weighted by molar-refractivity contribution is -0.0690. The van der Waals surface area contributed by atoms with Gasteiger partial charge in [-0.2, -0.15) is 13.2 Å². The van der Waals surface area contributed by atoms with Gasteiger partial charge in [0, 0.05) is 17.6 Å². The second-order valence-corrected chi connectivity index (χ2v) is 10.6. The standard InChI is InChI=1S/C24H23BrCl3F3N2O3/c1-23(2,3)36-22(35)33-9-8-32-21(34)15-6-4-13(10-17(15)25)5-7-16(24(29,30)31)14-11-18(26)20(28)19(27)12-14/h4,6-7,10-12H,5,8-9H2,1-3H3,(H,32,34)(H,33,35). The van der Waals surface area contributed by atoms with Crippen LogP contribution in [0.25, 0.3) is 5.57 Å². The fraction of sp³-hybridized carbons (Fsp3) is 0.333. The zero-order valence-corrected chi connectivity index (χ0v) is 23.3. The number of alkyl carbamates (subject to hydrolysis) is 1. The molecule has 0 unspecified atom stereocenters. The van der Waals surface area contributed by atoms with E-state index in [4.69, 9.17) is 39.5 Å². The third-order valence-corrected chi connectivity index (χ3v) is 6.35. The molecule has 0 bridgehead atoms. The molecule has 0 aliphatic heterocycles. The number of carbonyl (C=O) groups is 2. The van der Waals surface area contributed by atoms with Crippen molar-refractivity contribution in [3.05, 3.63) is 72.6 Å². The molecular formula is C24H23BrCl3F3N2O3. The summed E-state index contributed by atoms with van der Waals surface area (Å²) in [5.41, 5.74) is -0.953. The van der Waals surface area contributed by atoms with Gasteiger partial charge in [-0.1, -0.05) is 46.9 Å². The minimum absolute atomic E-state index is 0.0259. The third-order valence-electron chi connectivity index (χ3n) is 4.50. The fourth-order valence-corrected chi connectivity index (χ4v) is 4.15. The lowest BCUT2D eigenvalue weighted by Crippen LogP contribution is -2.37. The van der Waals surface area contributed by atoms with Crippen molar-refractivity contribution >= 4 is 68.3 Å². The molecule has 12 heteroatoms. The largest absolute Gasteiger partial charge is 0.444 e. The average Bonchev–Trinajstić information content (AvgIpc) is 2.73. The highest BCUT2D eigenvalue weighted by Gasteiger charge is 2.35. The number of alkyl halides is 3. The van der Waals surface area contributed by atoms with Crippen LogP contribution in [0.4, 0.5) is 18.0 Å². The van der Waals surface area contributed by atoms with Crippen molar-refractivity contribution in [2.45, 2.75) is 39.0 Å². The Labute approximate surface area is 230 Å². The Hall–Kier alpha value is -1.94. The van der Waals surface area contributed by atoms with E-state index in [1.165, 1.54) is 6.07 Å². The minimum atomic E-state index is -4.66. The van der Waals surface area contributed by atoms with E-state index in [9.17, 15) is 22.8 Å². The first-order valence-electron chi connectivity index (χ1n) is 10.5. The Kier molecular flexibility index (Phi) is 10.5. The van der Waals surface area contributed by atoms with Gasteiger partial charge < -0.3 is 15.4 Å². The summed E-state index contributed by atoms with van der Waals surface area (Å²) in [5, 5.41) is 4.97. The molecule has 0 spiro atoms. The number of hydrogen-bond donors (Lipinski definition) is 2. The van der Waals surface area contributed by atoms with Crippen molar-refractivity contribution in [2.24, 2.45) is 0 Å². The lowest BCUT2D eigenvalue weighted by Gasteiger charge is -2.19. The molecule has 196 valence electrons. The molecule has 0 atom stereocenters. The van der Waals surface area contributed by atoms with Crippen molar-refractivity contribution in [2.75, 3.05) is 13.1 Å². The van der Waals surface area contributed by atoms with Crippen LogP contribution in [0.15, 0.2) is 40.9 Å². The van der Waals surface area contributed by atoms with Gasteiger partial charge in [0.15, 0.2) is 0 Å². The van der Waals surface area contributed by atoms with E-state index in [1.807, 2.05) is 0 Å². The molecule has 36 heavy (non-hydrogen) atoms. The topological polar surface area (TPSA) is 67.4 Å². The van der Waals surface area contributed by atoms with Crippen LogP contribution in [0.1, 0.15) is 42.3 Å². The summed E-state index contributed by atoms with van der Waals surface area (Å²) in [5.74, 6) is -0.420. The molecule has 0 aliphatic rings. The number of carbonyl (C=O) groups excluding carboxylic acids is 2. The van der Waals surface area contributed by atoms with Crippen molar-refractivity contribution in [1.29, 1.82) is 0 Å². The van der Waals surface area contributed by atoms with Crippen LogP contribution in [-0.4, -0.2) is 36.9 Å². The molecule has 2 aromatic rings. The molecule has 2 aromatic carbocycles. The lowest BCUT2D eigenvalue weighted by atomic mass is 10.0. The molecule has 0 fully saturated rings. The Morgan fingerprint density at radius 2 is 1.58 bits per heavy atom. The molecule has 0 aromatic heterocycles. The Morgan fingerprint density at radius 3 is 2.11 bits per heavy atom. The Morgan fingerprint density at radius 1 is 1.00 bits per heavy atom. The molecule has 0 heterocycles. The number of rotatable bonds is 7. The number of nitrogens with one attached hydrogen (secondary N) is 2. The summed E-state index contributed by atoms with van der Waals surface area (Å²) < 4.78 is 46.7. The van der Waals surface area contributed by atoms with E-state index in [2.05, 4.69) is 26.6 Å². The normalized spacial score (nSPS) is 12.3. The van der Waals surface area contributed by atoms with E-state index in [0.29, 0.717) is 10.0 Å². The van der Waals surface area contributed by atoms with Gasteiger partial charge in [-0.3, -0.25) is 4.79 Å². The Balaban J connectivity index is 2.07. The fourth-order valence-electron chi connectivity index (χ4n) is 2.95. The van der Waals surface area contributed by atoms with Gasteiger partial charge in [0.25, 0.3) is 5.91 Å². The summed E-state index contributed by atoms with van der Waals surface area (Å²) in [6.45, 7) is 5.50. The highest BCUT2D eigenvalue weighted by Crippen LogP contribution is 2.39. The van der Waals surface area contributed by atoms with Gasteiger partial charge >= 0.3 is 12.3 Å². The van der Waals surface area contributed by atoms with Crippen molar-refractivity contribution in [3.63, 3.8) is 0 Å². The number of allylic oxidation sites excluding steroid dienone is 2. The summed E-state index contributed by atoms with van der Waals surface area (Å²) in [6, 6.07) is 6.81. The minimum Gasteiger partial charge on any atom is -0.444 e. The maximum Gasteiger partial charge on any atom is 0.416 e. The van der Waals surface area contributed by atoms with E-state index in [1.54, 1.807) is 32.9 Å². The Bertz CT molecular complexity index is 1140. The smallest absolute Gasteiger partial charge is 0.416 e. The number of hydrogen-bond acceptors (Lipinski definition) is 3. The molecule has 0 saturated heterocycles. The number of ether oxygens (including phenoxy) is 1. The predicted molar refractivity (Wildman–Crippen MR) is 140 cm³/mol. The molecule has 2 rings (SSSR count). The SMILES string of the molecule is CC(C)(C)OC(=O)NCCNC(=O)c1ccc(CC=C(c2cc(Cl)c(Cl)c(Cl)c2)C(F)(F)F)cc1Br. The van der Waals surface area contributed by atoms with E-state index < -0.39 is 29.4 Å². The zero-order valence-electron chi connectivity index (χ0n) is 19.5. The zero-order chi connectivity index (χ0) is 27.3. The van der Waals surface area contributed by atoms with Gasteiger partial charge in [-0.25, -0.2) is 4.79 Å². The summed E-state index contributed by atoms with van der Waals surface area (Å²) in [4.78, 5) is 24.1. The number of amides is 2. The molecule has 0 aliphatic carbocycles. The average molecular weight is 631 g/mol. The van der Waals surface area contributed by atoms with Gasteiger partial charge in [-0.05, 0) is 78.5 Å². The summed E-state index contributed by atoms with van der Waals surface area (Å²) in [7, 11) is 0. The van der Waals surface area contributed by atoms with Crippen LogP contribution < -0.4 is 10.6 Å². The van der Waals surface area contributed by atoms with E-state index in [-0.39, 0.29) is 45.7 Å². The molecule has 5 nitrogen and oxygen atoms in total. The molecule has 0 saturated carbocycles. The van der Waals surface area contributed by atoms with E-state index >= 15 is 0 Å². The van der Waals surface area contributed by atoms with Gasteiger partial charge in [-0.15, -0.1) is 0 Å². The monoisotopic (exact) mass is 628 g/mol. The highest BCUT2D eigenvalue weighted by atomic mass is 79.9. The molecular weight excluding hydrogens is 608 g/mol. The number of benzene rings is 2. The molecule has 0 radical (unpaired) electrons. The first kappa shape index (κ1) is 30.3. The third kappa shape index (κ3) is 9.18. The quantitative estimate of drug-likeness (QED) is 0.242. The second kappa shape index (κ2) is 12.5. The van der Waals surface area contributed by atoms with Crippen LogP contribution in [0.2, 0.25) is 15.1 Å². The summed E-state index contributed by atoms with van der Waals surface area (Å²) in [6.07, 6.45) is -4.32. The van der Waals surface area contributed by atoms with Crippen LogP contribution in [-0.2, 0) is 11.2 Å². The van der Waals surface area contributed by atoms with Crippen LogP contribution in [0.5, 0.6) is 0 Å². The van der Waals surface area contributed by atoms with Crippen molar-refractivity contribution < 1.29 is 27.5 Å². The maximum absolute atomic E-state index is 13.7. The van der Waals surface area contributed by atoms with Crippen molar-refractivity contribution in [1.82, 2.24) is 10.6 Å². The van der Waals surface area contributed by atoms with Gasteiger partial charge in [0.05, 0.1) is 26.2 Å². The molecule has 2 N–H and O–H groups in total. The van der Waals surface area contributed by atoms with Crippen LogP contribution in [0.3, 0.4) is 0 Å². The predicted octanol–water partition coefficient (Wildman–Crippen LogP) is 7.85. The van der Waals surface area contributed by atoms with Crippen LogP contribution >= 0.6 is 50.7 Å². The maximum atomic E-state index is 13.7. The summed E-state index contributed by atoms with van der Waals surface area (Å²) >= 11 is 20.9. The van der Waals surface area contributed by atoms with Gasteiger partial charge in [0.2, 0.25) is 0 Å².